The van der Waals surface area contributed by atoms with E-state index < -0.39 is 11.8 Å². The molecule has 24 heavy (non-hydrogen) atoms. The van der Waals surface area contributed by atoms with Crippen LogP contribution in [0.2, 0.25) is 0 Å². The Bertz CT molecular complexity index is 788. The van der Waals surface area contributed by atoms with Crippen LogP contribution in [0.5, 0.6) is 0 Å². The molecule has 1 aromatic carbocycles. The molecule has 1 saturated heterocycles. The Morgan fingerprint density at radius 2 is 2.08 bits per heavy atom. The van der Waals surface area contributed by atoms with Gasteiger partial charge in [0, 0.05) is 29.6 Å². The number of hydrogen-bond donors (Lipinski definition) is 2. The smallest absolute Gasteiger partial charge is 0.248 e. The molecule has 0 unspecified atom stereocenters. The van der Waals surface area contributed by atoms with Crippen LogP contribution >= 0.6 is 11.3 Å². The van der Waals surface area contributed by atoms with Crippen molar-refractivity contribution < 1.29 is 14.4 Å². The number of nitrogens with two attached hydrogens (primary N) is 1. The second kappa shape index (κ2) is 6.45. The number of rotatable bonds is 4. The van der Waals surface area contributed by atoms with Crippen molar-refractivity contribution >= 4 is 34.7 Å². The van der Waals surface area contributed by atoms with Gasteiger partial charge in [-0.05, 0) is 29.6 Å². The number of carbonyl (C=O) groups excluding carboxylic acids is 3. The molecule has 0 aliphatic carbocycles. The van der Waals surface area contributed by atoms with Crippen LogP contribution in [0.3, 0.4) is 0 Å². The fourth-order valence-electron chi connectivity index (χ4n) is 2.94. The zero-order chi connectivity index (χ0) is 17.3. The van der Waals surface area contributed by atoms with Crippen molar-refractivity contribution in [2.75, 3.05) is 12.4 Å². The van der Waals surface area contributed by atoms with E-state index in [1.807, 2.05) is 17.5 Å². The maximum atomic E-state index is 12.7. The van der Waals surface area contributed by atoms with Crippen molar-refractivity contribution in [1.82, 2.24) is 4.90 Å². The monoisotopic (exact) mass is 343 g/mol. The van der Waals surface area contributed by atoms with Gasteiger partial charge in [-0.1, -0.05) is 12.1 Å². The van der Waals surface area contributed by atoms with Crippen LogP contribution in [-0.4, -0.2) is 29.7 Å². The number of nitrogens with zero attached hydrogens (tertiary/aromatic N) is 1. The highest BCUT2D eigenvalue weighted by atomic mass is 32.1. The zero-order valence-corrected chi connectivity index (χ0v) is 13.9. The van der Waals surface area contributed by atoms with Gasteiger partial charge in [-0.3, -0.25) is 14.4 Å². The average molecular weight is 343 g/mol. The average Bonchev–Trinajstić information content (AvgIpc) is 3.16. The Hall–Kier alpha value is -2.67. The Morgan fingerprint density at radius 3 is 2.75 bits per heavy atom. The Labute approximate surface area is 143 Å². The van der Waals surface area contributed by atoms with Gasteiger partial charge in [-0.2, -0.15) is 0 Å². The Morgan fingerprint density at radius 1 is 1.29 bits per heavy atom. The first-order chi connectivity index (χ1) is 11.5. The molecule has 1 aromatic heterocycles. The molecule has 2 heterocycles. The molecule has 0 spiro atoms. The minimum absolute atomic E-state index is 0.0561. The van der Waals surface area contributed by atoms with Crippen LogP contribution in [0.25, 0.3) is 0 Å². The van der Waals surface area contributed by atoms with E-state index in [9.17, 15) is 14.4 Å². The first-order valence-corrected chi connectivity index (χ1v) is 8.35. The fraction of sp³-hybridized carbons (Fsp3) is 0.235. The van der Waals surface area contributed by atoms with Gasteiger partial charge in [0.2, 0.25) is 17.7 Å². The number of amides is 3. The first-order valence-electron chi connectivity index (χ1n) is 7.47. The van der Waals surface area contributed by atoms with Crippen molar-refractivity contribution in [3.05, 3.63) is 52.2 Å². The molecule has 3 N–H and O–H groups in total. The van der Waals surface area contributed by atoms with Crippen LogP contribution in [0.15, 0.2) is 41.8 Å². The first kappa shape index (κ1) is 16.2. The van der Waals surface area contributed by atoms with E-state index in [0.29, 0.717) is 11.3 Å². The summed E-state index contributed by atoms with van der Waals surface area (Å²) < 4.78 is 0. The normalized spacial score (nSPS) is 20.2. The van der Waals surface area contributed by atoms with Gasteiger partial charge in [0.05, 0.1) is 12.0 Å². The Kier molecular flexibility index (Phi) is 4.35. The molecule has 3 amide bonds. The van der Waals surface area contributed by atoms with E-state index in [0.717, 1.165) is 4.88 Å². The summed E-state index contributed by atoms with van der Waals surface area (Å²) in [5.41, 5.74) is 6.07. The van der Waals surface area contributed by atoms with Crippen LogP contribution in [0.4, 0.5) is 5.69 Å². The van der Waals surface area contributed by atoms with Crippen molar-refractivity contribution in [2.45, 2.75) is 12.5 Å². The molecule has 7 heteroatoms. The lowest BCUT2D eigenvalue weighted by molar-refractivity contribution is -0.127. The van der Waals surface area contributed by atoms with Gasteiger partial charge in [0.25, 0.3) is 0 Å². The van der Waals surface area contributed by atoms with Gasteiger partial charge >= 0.3 is 0 Å². The van der Waals surface area contributed by atoms with Gasteiger partial charge in [-0.15, -0.1) is 11.3 Å². The third-order valence-corrected chi connectivity index (χ3v) is 5.12. The standard InChI is InChI=1S/C17H17N3O3S/c1-20-14(21)9-12(15(20)13-6-3-7-24-13)17(23)19-11-5-2-4-10(8-11)16(18)22/h2-8,12,15H,9H2,1H3,(H2,18,22)(H,19,23)/t12-,15+/m0/s1. The van der Waals surface area contributed by atoms with Crippen molar-refractivity contribution in [2.24, 2.45) is 11.7 Å². The minimum Gasteiger partial charge on any atom is -0.366 e. The lowest BCUT2D eigenvalue weighted by atomic mass is 9.97. The highest BCUT2D eigenvalue weighted by molar-refractivity contribution is 7.10. The number of benzene rings is 1. The topological polar surface area (TPSA) is 92.5 Å². The summed E-state index contributed by atoms with van der Waals surface area (Å²) in [6, 6.07) is 10.0. The third kappa shape index (κ3) is 3.03. The molecule has 2 aromatic rings. The summed E-state index contributed by atoms with van der Waals surface area (Å²) in [7, 11) is 1.72. The molecular formula is C17H17N3O3S. The van der Waals surface area contributed by atoms with E-state index in [-0.39, 0.29) is 24.3 Å². The van der Waals surface area contributed by atoms with Crippen molar-refractivity contribution in [3.63, 3.8) is 0 Å². The number of thiophene rings is 1. The predicted molar refractivity (Wildman–Crippen MR) is 91.5 cm³/mol. The molecule has 124 valence electrons. The molecule has 2 atom stereocenters. The molecule has 0 bridgehead atoms. The molecule has 1 fully saturated rings. The van der Waals surface area contributed by atoms with Gasteiger partial charge in [-0.25, -0.2) is 0 Å². The second-order valence-electron chi connectivity index (χ2n) is 5.71. The lowest BCUT2D eigenvalue weighted by Crippen LogP contribution is -2.29. The van der Waals surface area contributed by atoms with Gasteiger partial charge < -0.3 is 16.0 Å². The number of carbonyl (C=O) groups is 3. The van der Waals surface area contributed by atoms with Crippen LogP contribution < -0.4 is 11.1 Å². The van der Waals surface area contributed by atoms with E-state index in [1.165, 1.54) is 17.4 Å². The summed E-state index contributed by atoms with van der Waals surface area (Å²) in [5.74, 6) is -1.33. The van der Waals surface area contributed by atoms with Crippen LogP contribution in [0, 0.1) is 5.92 Å². The summed E-state index contributed by atoms with van der Waals surface area (Å²) in [6.07, 6.45) is 0.167. The highest BCUT2D eigenvalue weighted by Crippen LogP contribution is 2.39. The van der Waals surface area contributed by atoms with Gasteiger partial charge in [0.15, 0.2) is 0 Å². The highest BCUT2D eigenvalue weighted by Gasteiger charge is 2.43. The minimum atomic E-state index is -0.557. The number of hydrogen-bond acceptors (Lipinski definition) is 4. The number of primary amides is 1. The molecule has 6 nitrogen and oxygen atoms in total. The maximum Gasteiger partial charge on any atom is 0.248 e. The van der Waals surface area contributed by atoms with E-state index in [2.05, 4.69) is 5.32 Å². The van der Waals surface area contributed by atoms with E-state index in [4.69, 9.17) is 5.73 Å². The molecule has 0 saturated carbocycles. The third-order valence-electron chi connectivity index (χ3n) is 4.17. The molecule has 1 aliphatic heterocycles. The predicted octanol–water partition coefficient (Wildman–Crippen LogP) is 2.01. The molecule has 0 radical (unpaired) electrons. The quantitative estimate of drug-likeness (QED) is 0.889. The lowest BCUT2D eigenvalue weighted by Gasteiger charge is -2.23. The molecule has 1 aliphatic rings. The fourth-order valence-corrected chi connectivity index (χ4v) is 3.87. The maximum absolute atomic E-state index is 12.7. The van der Waals surface area contributed by atoms with E-state index in [1.54, 1.807) is 30.1 Å². The second-order valence-corrected chi connectivity index (χ2v) is 6.69. The van der Waals surface area contributed by atoms with Gasteiger partial charge in [0.1, 0.15) is 0 Å². The SMILES string of the molecule is CN1C(=O)C[C@H](C(=O)Nc2cccc(C(N)=O)c2)[C@@H]1c1cccs1. The van der Waals surface area contributed by atoms with Crippen LogP contribution in [0.1, 0.15) is 27.7 Å². The van der Waals surface area contributed by atoms with Crippen molar-refractivity contribution in [1.29, 1.82) is 0 Å². The largest absolute Gasteiger partial charge is 0.366 e. The number of anilines is 1. The number of nitrogens with one attached hydrogen (secondary N) is 1. The molecular weight excluding hydrogens is 326 g/mol. The van der Waals surface area contributed by atoms with E-state index >= 15 is 0 Å². The summed E-state index contributed by atoms with van der Waals surface area (Å²) >= 11 is 1.52. The summed E-state index contributed by atoms with van der Waals surface area (Å²) in [4.78, 5) is 38.6. The summed E-state index contributed by atoms with van der Waals surface area (Å²) in [6.45, 7) is 0. The van der Waals surface area contributed by atoms with Crippen molar-refractivity contribution in [3.8, 4) is 0 Å². The number of likely N-dealkylation sites (tertiary alicyclic amines) is 1. The van der Waals surface area contributed by atoms with Crippen LogP contribution in [-0.2, 0) is 9.59 Å². The zero-order valence-electron chi connectivity index (χ0n) is 13.1. The summed E-state index contributed by atoms with van der Waals surface area (Å²) in [5, 5.41) is 4.72. The molecule has 3 rings (SSSR count). The Balaban J connectivity index is 1.82.